The topological polar surface area (TPSA) is 61.1 Å². The predicted octanol–water partition coefficient (Wildman–Crippen LogP) is 4.40. The lowest BCUT2D eigenvalue weighted by molar-refractivity contribution is -0.113. The largest absolute Gasteiger partial charge is 0.358 e. The standard InChI is InChI=1S/C20H23FN4OS2/c1-5-24(6-2)20(27)28-12-18(26)23-19-17(11-22)13(3)14(4)25(19)16-9-7-8-15(21)10-16/h7-10H,5-6,12H2,1-4H3,(H,23,26). The lowest BCUT2D eigenvalue weighted by Crippen LogP contribution is -2.28. The number of carbonyl (C=O) groups excluding carboxylic acids is 1. The molecule has 5 nitrogen and oxygen atoms in total. The van der Waals surface area contributed by atoms with E-state index >= 15 is 0 Å². The van der Waals surface area contributed by atoms with Gasteiger partial charge in [-0.2, -0.15) is 5.26 Å². The number of rotatable bonds is 6. The molecule has 148 valence electrons. The molecular weight excluding hydrogens is 395 g/mol. The number of nitriles is 1. The van der Waals surface area contributed by atoms with Gasteiger partial charge in [-0.05, 0) is 51.5 Å². The minimum atomic E-state index is -0.390. The first-order valence-corrected chi connectivity index (χ1v) is 10.3. The molecule has 28 heavy (non-hydrogen) atoms. The number of nitrogens with zero attached hydrogens (tertiary/aromatic N) is 3. The summed E-state index contributed by atoms with van der Waals surface area (Å²) in [6, 6.07) is 8.19. The second-order valence-electron chi connectivity index (χ2n) is 6.14. The first kappa shape index (κ1) is 21.9. The molecule has 1 N–H and O–H groups in total. The van der Waals surface area contributed by atoms with Crippen LogP contribution in [-0.2, 0) is 4.79 Å². The van der Waals surface area contributed by atoms with E-state index < -0.39 is 0 Å². The number of anilines is 1. The number of hydrogen-bond acceptors (Lipinski definition) is 4. The van der Waals surface area contributed by atoms with Gasteiger partial charge in [0, 0.05) is 18.8 Å². The molecule has 0 bridgehead atoms. The fourth-order valence-corrected chi connectivity index (χ4v) is 4.07. The Labute approximate surface area is 174 Å². The molecule has 0 unspecified atom stereocenters. The van der Waals surface area contributed by atoms with Gasteiger partial charge in [0.25, 0.3) is 0 Å². The number of benzene rings is 1. The van der Waals surface area contributed by atoms with Crippen LogP contribution in [0.15, 0.2) is 24.3 Å². The zero-order valence-electron chi connectivity index (χ0n) is 16.4. The summed E-state index contributed by atoms with van der Waals surface area (Å²) < 4.78 is 16.1. The Bertz CT molecular complexity index is 929. The number of thiocarbonyl (C=S) groups is 1. The summed E-state index contributed by atoms with van der Waals surface area (Å²) in [5, 5.41) is 12.4. The summed E-state index contributed by atoms with van der Waals surface area (Å²) in [6.45, 7) is 9.22. The van der Waals surface area contributed by atoms with Gasteiger partial charge in [-0.3, -0.25) is 9.36 Å². The Balaban J connectivity index is 2.30. The zero-order chi connectivity index (χ0) is 20.8. The van der Waals surface area contributed by atoms with E-state index in [2.05, 4.69) is 11.4 Å². The van der Waals surface area contributed by atoms with E-state index in [-0.39, 0.29) is 17.5 Å². The molecule has 8 heteroatoms. The summed E-state index contributed by atoms with van der Waals surface area (Å²) >= 11 is 6.64. The lowest BCUT2D eigenvalue weighted by atomic mass is 10.2. The average Bonchev–Trinajstić information content (AvgIpc) is 2.90. The highest BCUT2D eigenvalue weighted by molar-refractivity contribution is 8.23. The SMILES string of the molecule is CCN(CC)C(=S)SCC(=O)Nc1c(C#N)c(C)c(C)n1-c1cccc(F)c1. The van der Waals surface area contributed by atoms with Crippen LogP contribution in [0.2, 0.25) is 0 Å². The normalized spacial score (nSPS) is 10.4. The van der Waals surface area contributed by atoms with E-state index in [0.29, 0.717) is 21.4 Å². The van der Waals surface area contributed by atoms with Gasteiger partial charge >= 0.3 is 0 Å². The van der Waals surface area contributed by atoms with E-state index in [9.17, 15) is 14.4 Å². The van der Waals surface area contributed by atoms with Crippen LogP contribution in [0.25, 0.3) is 5.69 Å². The van der Waals surface area contributed by atoms with Crippen molar-refractivity contribution in [3.63, 3.8) is 0 Å². The zero-order valence-corrected chi connectivity index (χ0v) is 18.0. The van der Waals surface area contributed by atoms with Crippen molar-refractivity contribution >= 4 is 40.0 Å². The summed E-state index contributed by atoms with van der Waals surface area (Å²) in [6.07, 6.45) is 0. The van der Waals surface area contributed by atoms with Crippen molar-refractivity contribution in [2.24, 2.45) is 0 Å². The van der Waals surface area contributed by atoms with Crippen molar-refractivity contribution in [2.75, 3.05) is 24.2 Å². The Hall–Kier alpha value is -2.37. The third kappa shape index (κ3) is 4.72. The van der Waals surface area contributed by atoms with Crippen molar-refractivity contribution in [3.05, 3.63) is 46.9 Å². The number of nitrogens with one attached hydrogen (secondary N) is 1. The molecule has 0 spiro atoms. The molecule has 1 amide bonds. The smallest absolute Gasteiger partial charge is 0.235 e. The van der Waals surface area contributed by atoms with E-state index in [1.54, 1.807) is 16.7 Å². The van der Waals surface area contributed by atoms with Crippen molar-refractivity contribution in [2.45, 2.75) is 27.7 Å². The summed E-state index contributed by atoms with van der Waals surface area (Å²) in [5.41, 5.74) is 2.42. The maximum atomic E-state index is 13.7. The molecule has 1 aromatic carbocycles. The quantitative estimate of drug-likeness (QED) is 0.705. The minimum Gasteiger partial charge on any atom is -0.358 e. The van der Waals surface area contributed by atoms with Gasteiger partial charge in [0.05, 0.1) is 17.0 Å². The van der Waals surface area contributed by atoms with Crippen molar-refractivity contribution in [1.82, 2.24) is 9.47 Å². The average molecular weight is 419 g/mol. The molecule has 1 heterocycles. The van der Waals surface area contributed by atoms with E-state index in [0.717, 1.165) is 24.3 Å². The molecular formula is C20H23FN4OS2. The highest BCUT2D eigenvalue weighted by atomic mass is 32.2. The molecule has 0 radical (unpaired) electrons. The van der Waals surface area contributed by atoms with Crippen LogP contribution in [0.4, 0.5) is 10.2 Å². The second kappa shape index (κ2) is 9.71. The van der Waals surface area contributed by atoms with Crippen LogP contribution in [0.5, 0.6) is 0 Å². The van der Waals surface area contributed by atoms with Crippen LogP contribution in [0.1, 0.15) is 30.7 Å². The number of amides is 1. The maximum absolute atomic E-state index is 13.7. The highest BCUT2D eigenvalue weighted by Gasteiger charge is 2.21. The Kier molecular flexibility index (Phi) is 7.61. The predicted molar refractivity (Wildman–Crippen MR) is 117 cm³/mol. The van der Waals surface area contributed by atoms with Crippen LogP contribution in [0, 0.1) is 31.0 Å². The Morgan fingerprint density at radius 3 is 2.61 bits per heavy atom. The molecule has 2 rings (SSSR count). The monoisotopic (exact) mass is 418 g/mol. The summed E-state index contributed by atoms with van der Waals surface area (Å²) in [5.74, 6) is -0.181. The third-order valence-corrected chi connectivity index (χ3v) is 6.02. The highest BCUT2D eigenvalue weighted by Crippen LogP contribution is 2.30. The van der Waals surface area contributed by atoms with E-state index in [1.165, 1.54) is 23.9 Å². The molecule has 0 saturated carbocycles. The summed E-state index contributed by atoms with van der Waals surface area (Å²) in [4.78, 5) is 14.5. The van der Waals surface area contributed by atoms with E-state index in [1.807, 2.05) is 32.6 Å². The van der Waals surface area contributed by atoms with Crippen LogP contribution in [0.3, 0.4) is 0 Å². The molecule has 2 aromatic rings. The van der Waals surface area contributed by atoms with Gasteiger partial charge in [0.15, 0.2) is 0 Å². The van der Waals surface area contributed by atoms with Gasteiger partial charge in [-0.1, -0.05) is 30.0 Å². The first-order chi connectivity index (χ1) is 13.3. The van der Waals surface area contributed by atoms with Crippen molar-refractivity contribution in [3.8, 4) is 11.8 Å². The molecule has 0 aliphatic rings. The van der Waals surface area contributed by atoms with Gasteiger partial charge in [0.1, 0.15) is 22.0 Å². The van der Waals surface area contributed by atoms with Crippen LogP contribution < -0.4 is 5.32 Å². The summed E-state index contributed by atoms with van der Waals surface area (Å²) in [7, 11) is 0. The van der Waals surface area contributed by atoms with Crippen molar-refractivity contribution in [1.29, 1.82) is 5.26 Å². The molecule has 1 aromatic heterocycles. The fourth-order valence-electron chi connectivity index (χ4n) is 2.87. The first-order valence-electron chi connectivity index (χ1n) is 8.93. The van der Waals surface area contributed by atoms with Gasteiger partial charge < -0.3 is 10.2 Å². The molecule has 0 saturated heterocycles. The third-order valence-electron chi connectivity index (χ3n) is 4.50. The van der Waals surface area contributed by atoms with Gasteiger partial charge in [-0.25, -0.2) is 4.39 Å². The molecule has 0 aliphatic heterocycles. The van der Waals surface area contributed by atoms with Crippen LogP contribution in [-0.4, -0.2) is 38.5 Å². The van der Waals surface area contributed by atoms with Crippen LogP contribution >= 0.6 is 24.0 Å². The Morgan fingerprint density at radius 1 is 1.36 bits per heavy atom. The van der Waals surface area contributed by atoms with Gasteiger partial charge in [-0.15, -0.1) is 0 Å². The fraction of sp³-hybridized carbons (Fsp3) is 0.350. The number of hydrogen-bond donors (Lipinski definition) is 1. The maximum Gasteiger partial charge on any atom is 0.235 e. The Morgan fingerprint density at radius 2 is 2.04 bits per heavy atom. The number of aromatic nitrogens is 1. The lowest BCUT2D eigenvalue weighted by Gasteiger charge is -2.20. The second-order valence-corrected chi connectivity index (χ2v) is 7.75. The molecule has 0 atom stereocenters. The minimum absolute atomic E-state index is 0.132. The van der Waals surface area contributed by atoms with E-state index in [4.69, 9.17) is 12.2 Å². The number of thioether (sulfide) groups is 1. The molecule has 0 aliphatic carbocycles. The van der Waals surface area contributed by atoms with Gasteiger partial charge in [0.2, 0.25) is 5.91 Å². The number of carbonyl (C=O) groups is 1. The van der Waals surface area contributed by atoms with Crippen molar-refractivity contribution < 1.29 is 9.18 Å². The molecule has 0 fully saturated rings. The number of halogens is 1.